The van der Waals surface area contributed by atoms with E-state index in [9.17, 15) is 4.79 Å². The van der Waals surface area contributed by atoms with Crippen molar-refractivity contribution in [3.63, 3.8) is 0 Å². The van der Waals surface area contributed by atoms with E-state index >= 15 is 0 Å². The molecule has 1 N–H and O–H groups in total. The summed E-state index contributed by atoms with van der Waals surface area (Å²) in [6, 6.07) is 1.91. The van der Waals surface area contributed by atoms with Crippen LogP contribution in [0.15, 0.2) is 10.7 Å². The molecule has 0 aliphatic heterocycles. The number of halogens is 1. The van der Waals surface area contributed by atoms with Crippen LogP contribution in [0.5, 0.6) is 0 Å². The average molecular weight is 259 g/mol. The molecule has 76 valence electrons. The van der Waals surface area contributed by atoms with Crippen molar-refractivity contribution >= 4 is 21.9 Å². The molecule has 0 spiro atoms. The Hall–Kier alpha value is -0.840. The number of carboxylic acid groups (broad SMARTS) is 1. The Morgan fingerprint density at radius 2 is 2.43 bits per heavy atom. The van der Waals surface area contributed by atoms with E-state index < -0.39 is 5.97 Å². The van der Waals surface area contributed by atoms with Crippen molar-refractivity contribution < 1.29 is 9.90 Å². The summed E-state index contributed by atoms with van der Waals surface area (Å²) in [6.07, 6.45) is 2.11. The Labute approximate surface area is 90.0 Å². The minimum Gasteiger partial charge on any atom is -0.481 e. The topological polar surface area (TPSA) is 55.1 Å². The maximum Gasteiger partial charge on any atom is 0.304 e. The Kier molecular flexibility index (Phi) is 2.14. The molecule has 0 saturated heterocycles. The molecule has 0 bridgehead atoms. The molecule has 0 unspecified atom stereocenters. The van der Waals surface area contributed by atoms with Gasteiger partial charge >= 0.3 is 5.97 Å². The van der Waals surface area contributed by atoms with Crippen LogP contribution in [0.4, 0.5) is 0 Å². The van der Waals surface area contributed by atoms with E-state index in [1.54, 1.807) is 4.68 Å². The third kappa shape index (κ3) is 1.56. The summed E-state index contributed by atoms with van der Waals surface area (Å²) in [5, 5.41) is 13.0. The average Bonchev–Trinajstić information content (AvgIpc) is 2.72. The van der Waals surface area contributed by atoms with E-state index in [-0.39, 0.29) is 11.8 Å². The van der Waals surface area contributed by atoms with Crippen LogP contribution < -0.4 is 0 Å². The minimum absolute atomic E-state index is 0.153. The monoisotopic (exact) mass is 258 g/mol. The maximum absolute atomic E-state index is 10.7. The van der Waals surface area contributed by atoms with Gasteiger partial charge in [-0.05, 0) is 34.8 Å². The normalized spacial score (nSPS) is 18.1. The van der Waals surface area contributed by atoms with Crippen molar-refractivity contribution in [3.05, 3.63) is 16.4 Å². The van der Waals surface area contributed by atoms with E-state index in [0.717, 1.165) is 23.1 Å². The van der Waals surface area contributed by atoms with Gasteiger partial charge < -0.3 is 5.11 Å². The van der Waals surface area contributed by atoms with Gasteiger partial charge in [0, 0.05) is 18.2 Å². The molecule has 14 heavy (non-hydrogen) atoms. The van der Waals surface area contributed by atoms with Gasteiger partial charge in [-0.15, -0.1) is 0 Å². The molecule has 4 nitrogen and oxygen atoms in total. The number of carboxylic acids is 1. The molecular formula is C9H11BrN2O2. The summed E-state index contributed by atoms with van der Waals surface area (Å²) in [5.41, 5.74) is 0.867. The van der Waals surface area contributed by atoms with Crippen molar-refractivity contribution in [2.45, 2.75) is 24.7 Å². The van der Waals surface area contributed by atoms with Crippen LogP contribution in [0, 0.1) is 0 Å². The molecule has 0 aromatic carbocycles. The van der Waals surface area contributed by atoms with Gasteiger partial charge in [-0.2, -0.15) is 5.10 Å². The summed E-state index contributed by atoms with van der Waals surface area (Å²) in [4.78, 5) is 10.7. The zero-order valence-electron chi connectivity index (χ0n) is 7.83. The van der Waals surface area contributed by atoms with Crippen molar-refractivity contribution in [1.82, 2.24) is 9.78 Å². The quantitative estimate of drug-likeness (QED) is 0.898. The number of aliphatic carboxylic acids is 1. The lowest BCUT2D eigenvalue weighted by Crippen LogP contribution is -2.16. The molecular weight excluding hydrogens is 248 g/mol. The molecule has 1 heterocycles. The third-order valence-corrected chi connectivity index (χ3v) is 3.12. The van der Waals surface area contributed by atoms with E-state index in [0.29, 0.717) is 0 Å². The Morgan fingerprint density at radius 1 is 1.79 bits per heavy atom. The lowest BCUT2D eigenvalue weighted by molar-refractivity contribution is -0.137. The van der Waals surface area contributed by atoms with Gasteiger partial charge in [0.1, 0.15) is 4.60 Å². The Bertz CT molecular complexity index is 382. The highest BCUT2D eigenvalue weighted by Crippen LogP contribution is 2.51. The standard InChI is InChI=1S/C9H11BrN2O2/c1-12-6(4-7(10)11-12)9(2-3-9)5-8(13)14/h4H,2-3,5H2,1H3,(H,13,14). The van der Waals surface area contributed by atoms with Crippen molar-refractivity contribution in [2.24, 2.45) is 7.05 Å². The van der Waals surface area contributed by atoms with Crippen LogP contribution >= 0.6 is 15.9 Å². The summed E-state index contributed by atoms with van der Waals surface area (Å²) in [7, 11) is 1.85. The Balaban J connectivity index is 2.30. The summed E-state index contributed by atoms with van der Waals surface area (Å²) in [5.74, 6) is -0.736. The fraction of sp³-hybridized carbons (Fsp3) is 0.556. The van der Waals surface area contributed by atoms with Gasteiger partial charge in [0.15, 0.2) is 0 Å². The predicted molar refractivity (Wildman–Crippen MR) is 54.1 cm³/mol. The molecule has 0 amide bonds. The number of rotatable bonds is 3. The first-order valence-electron chi connectivity index (χ1n) is 4.45. The van der Waals surface area contributed by atoms with E-state index in [1.165, 1.54) is 0 Å². The first kappa shape index (κ1) is 9.71. The van der Waals surface area contributed by atoms with Crippen LogP contribution in [0.3, 0.4) is 0 Å². The number of aryl methyl sites for hydroxylation is 1. The maximum atomic E-state index is 10.7. The highest BCUT2D eigenvalue weighted by molar-refractivity contribution is 9.10. The fourth-order valence-electron chi connectivity index (χ4n) is 1.89. The molecule has 1 aromatic rings. The molecule has 1 fully saturated rings. The van der Waals surface area contributed by atoms with Crippen LogP contribution in [0.1, 0.15) is 25.0 Å². The molecule has 1 aliphatic rings. The van der Waals surface area contributed by atoms with E-state index in [4.69, 9.17) is 5.11 Å². The number of hydrogen-bond acceptors (Lipinski definition) is 2. The third-order valence-electron chi connectivity index (χ3n) is 2.74. The smallest absolute Gasteiger partial charge is 0.304 e. The van der Waals surface area contributed by atoms with E-state index in [1.807, 2.05) is 13.1 Å². The van der Waals surface area contributed by atoms with Gasteiger partial charge in [-0.25, -0.2) is 0 Å². The second-order valence-electron chi connectivity index (χ2n) is 3.83. The van der Waals surface area contributed by atoms with Gasteiger partial charge in [0.25, 0.3) is 0 Å². The van der Waals surface area contributed by atoms with Crippen molar-refractivity contribution in [3.8, 4) is 0 Å². The highest BCUT2D eigenvalue weighted by Gasteiger charge is 2.48. The summed E-state index contributed by atoms with van der Waals surface area (Å²) in [6.45, 7) is 0. The lowest BCUT2D eigenvalue weighted by Gasteiger charge is -2.11. The van der Waals surface area contributed by atoms with Gasteiger partial charge in [0.2, 0.25) is 0 Å². The summed E-state index contributed by atoms with van der Waals surface area (Å²) < 4.78 is 2.53. The molecule has 5 heteroatoms. The molecule has 1 aliphatic carbocycles. The second kappa shape index (κ2) is 3.08. The molecule has 0 atom stereocenters. The number of hydrogen-bond donors (Lipinski definition) is 1. The number of aromatic nitrogens is 2. The summed E-state index contributed by atoms with van der Waals surface area (Å²) >= 11 is 3.29. The van der Waals surface area contributed by atoms with E-state index in [2.05, 4.69) is 21.0 Å². The largest absolute Gasteiger partial charge is 0.481 e. The predicted octanol–water partition coefficient (Wildman–Crippen LogP) is 1.69. The molecule has 1 saturated carbocycles. The van der Waals surface area contributed by atoms with Gasteiger partial charge in [0.05, 0.1) is 6.42 Å². The molecule has 1 aromatic heterocycles. The van der Waals surface area contributed by atoms with Crippen molar-refractivity contribution in [2.75, 3.05) is 0 Å². The van der Waals surface area contributed by atoms with Gasteiger partial charge in [-0.3, -0.25) is 9.48 Å². The number of nitrogens with zero attached hydrogens (tertiary/aromatic N) is 2. The highest BCUT2D eigenvalue weighted by atomic mass is 79.9. The molecule has 0 radical (unpaired) electrons. The number of carbonyl (C=O) groups is 1. The van der Waals surface area contributed by atoms with Crippen LogP contribution in [0.25, 0.3) is 0 Å². The van der Waals surface area contributed by atoms with Crippen LogP contribution in [-0.4, -0.2) is 20.9 Å². The first-order chi connectivity index (χ1) is 6.53. The fourth-order valence-corrected chi connectivity index (χ4v) is 2.35. The SMILES string of the molecule is Cn1nc(Br)cc1C1(CC(=O)O)CC1. The van der Waals surface area contributed by atoms with Crippen LogP contribution in [0.2, 0.25) is 0 Å². The zero-order valence-corrected chi connectivity index (χ0v) is 9.41. The van der Waals surface area contributed by atoms with Crippen molar-refractivity contribution in [1.29, 1.82) is 0 Å². The lowest BCUT2D eigenvalue weighted by atomic mass is 9.98. The Morgan fingerprint density at radius 3 is 2.79 bits per heavy atom. The second-order valence-corrected chi connectivity index (χ2v) is 4.64. The van der Waals surface area contributed by atoms with Crippen LogP contribution in [-0.2, 0) is 17.3 Å². The molecule has 2 rings (SSSR count). The zero-order chi connectivity index (χ0) is 10.3. The first-order valence-corrected chi connectivity index (χ1v) is 5.25. The minimum atomic E-state index is -0.736. The van der Waals surface area contributed by atoms with Gasteiger partial charge in [-0.1, -0.05) is 0 Å².